The number of halogens is 4. The Labute approximate surface area is 154 Å². The topological polar surface area (TPSA) is 27.7 Å². The molecule has 27 heavy (non-hydrogen) atoms. The smallest absolute Gasteiger partial charge is 0.497 e. The maximum atomic E-state index is 13.2. The first kappa shape index (κ1) is 20.4. The van der Waals surface area contributed by atoms with Crippen molar-refractivity contribution >= 4 is 0 Å². The molecular weight excluding hydrogens is 364 g/mol. The van der Waals surface area contributed by atoms with E-state index in [0.29, 0.717) is 11.3 Å². The van der Waals surface area contributed by atoms with Gasteiger partial charge in [-0.1, -0.05) is 24.8 Å². The molecule has 0 aliphatic heterocycles. The lowest BCUT2D eigenvalue weighted by atomic mass is 9.86. The van der Waals surface area contributed by atoms with Crippen LogP contribution in [0.25, 0.3) is 0 Å². The van der Waals surface area contributed by atoms with Gasteiger partial charge in [0.15, 0.2) is 0 Å². The highest BCUT2D eigenvalue weighted by Gasteiger charge is 2.34. The Kier molecular flexibility index (Phi) is 6.50. The molecule has 0 heterocycles. The summed E-state index contributed by atoms with van der Waals surface area (Å²) in [4.78, 5) is 0. The highest BCUT2D eigenvalue weighted by Crippen LogP contribution is 2.36. The van der Waals surface area contributed by atoms with E-state index in [4.69, 9.17) is 9.47 Å². The van der Waals surface area contributed by atoms with E-state index in [1.54, 1.807) is 12.2 Å². The summed E-state index contributed by atoms with van der Waals surface area (Å²) in [6.07, 6.45) is 2.19. The van der Waals surface area contributed by atoms with Crippen LogP contribution in [-0.2, 0) is 14.2 Å². The highest BCUT2D eigenvalue weighted by atomic mass is 19.4. The van der Waals surface area contributed by atoms with Crippen LogP contribution in [0.2, 0.25) is 0 Å². The Morgan fingerprint density at radius 2 is 1.78 bits per heavy atom. The Balaban J connectivity index is 2.59. The summed E-state index contributed by atoms with van der Waals surface area (Å²) in [6.45, 7) is 3.54. The highest BCUT2D eigenvalue weighted by molar-refractivity contribution is 5.49. The minimum Gasteiger partial charge on any atom is -0.497 e. The minimum absolute atomic E-state index is 0.152. The van der Waals surface area contributed by atoms with Crippen molar-refractivity contribution in [3.05, 3.63) is 95.5 Å². The summed E-state index contributed by atoms with van der Waals surface area (Å²) < 4.78 is 66.3. The van der Waals surface area contributed by atoms with Gasteiger partial charge in [-0.2, -0.15) is 0 Å². The van der Waals surface area contributed by atoms with Crippen LogP contribution in [-0.4, -0.2) is 20.6 Å². The molecule has 0 spiro atoms. The molecule has 0 saturated heterocycles. The van der Waals surface area contributed by atoms with Crippen molar-refractivity contribution in [2.24, 2.45) is 0 Å². The molecule has 7 heteroatoms. The first-order chi connectivity index (χ1) is 12.7. The Morgan fingerprint density at radius 3 is 2.33 bits per heavy atom. The largest absolute Gasteiger partial charge is 0.573 e. The second kappa shape index (κ2) is 8.62. The van der Waals surface area contributed by atoms with Crippen LogP contribution in [0.1, 0.15) is 11.5 Å². The molecule has 0 fully saturated rings. The predicted octanol–water partition coefficient (Wildman–Crippen LogP) is 5.52. The number of methoxy groups -OCH3 is 2. The fourth-order valence-electron chi connectivity index (χ4n) is 2.45. The molecule has 0 N–H and O–H groups in total. The third kappa shape index (κ3) is 5.77. The second-order valence-electron chi connectivity index (χ2n) is 5.51. The van der Waals surface area contributed by atoms with Gasteiger partial charge in [0.05, 0.1) is 14.2 Å². The zero-order valence-electron chi connectivity index (χ0n) is 14.7. The lowest BCUT2D eigenvalue weighted by Gasteiger charge is -2.23. The summed E-state index contributed by atoms with van der Waals surface area (Å²) in [5, 5.41) is 0. The van der Waals surface area contributed by atoms with Gasteiger partial charge < -0.3 is 14.2 Å². The van der Waals surface area contributed by atoms with E-state index >= 15 is 0 Å². The Morgan fingerprint density at radius 1 is 1.11 bits per heavy atom. The predicted molar refractivity (Wildman–Crippen MR) is 92.8 cm³/mol. The SMILES string of the molecule is C=C(/C=C\C(OC(F)(F)F)=C1/C=C(OC)C=CC1c1ccc(F)cc1)OC. The molecule has 0 saturated carbocycles. The molecule has 0 bridgehead atoms. The standard InChI is InChI=1S/C20H18F4O3/c1-13(25-2)4-11-19(27-20(22,23)24)18-12-16(26-3)9-10-17(18)14-5-7-15(21)8-6-14/h4-12,17H,1H2,2-3H3/b11-4-,19-18-. The summed E-state index contributed by atoms with van der Waals surface area (Å²) in [5.41, 5.74) is 0.787. The third-order valence-corrected chi connectivity index (χ3v) is 3.74. The van der Waals surface area contributed by atoms with Gasteiger partial charge in [0.25, 0.3) is 0 Å². The van der Waals surface area contributed by atoms with Crippen molar-refractivity contribution in [3.8, 4) is 0 Å². The number of hydrogen-bond acceptors (Lipinski definition) is 3. The molecule has 1 aromatic rings. The first-order valence-corrected chi connectivity index (χ1v) is 7.83. The number of alkyl halides is 3. The van der Waals surface area contributed by atoms with Gasteiger partial charge in [-0.25, -0.2) is 4.39 Å². The molecule has 0 amide bonds. The van der Waals surface area contributed by atoms with E-state index in [0.717, 1.165) is 6.08 Å². The van der Waals surface area contributed by atoms with Gasteiger partial charge in [0.1, 0.15) is 23.1 Å². The average Bonchev–Trinajstić information content (AvgIpc) is 2.64. The lowest BCUT2D eigenvalue weighted by Crippen LogP contribution is -2.16. The van der Waals surface area contributed by atoms with Gasteiger partial charge in [-0.05, 0) is 42.0 Å². The first-order valence-electron chi connectivity index (χ1n) is 7.83. The van der Waals surface area contributed by atoms with E-state index in [9.17, 15) is 17.6 Å². The van der Waals surface area contributed by atoms with Gasteiger partial charge >= 0.3 is 6.36 Å². The average molecular weight is 382 g/mol. The summed E-state index contributed by atoms with van der Waals surface area (Å²) in [5.74, 6) is -0.985. The van der Waals surface area contributed by atoms with Crippen molar-refractivity contribution in [1.29, 1.82) is 0 Å². The summed E-state index contributed by atoms with van der Waals surface area (Å²) in [6, 6.07) is 5.48. The summed E-state index contributed by atoms with van der Waals surface area (Å²) in [7, 11) is 2.75. The number of ether oxygens (including phenoxy) is 3. The van der Waals surface area contributed by atoms with Crippen molar-refractivity contribution in [3.63, 3.8) is 0 Å². The number of rotatable bonds is 6. The molecular formula is C20H18F4O3. The zero-order valence-corrected chi connectivity index (χ0v) is 14.7. The van der Waals surface area contributed by atoms with Crippen molar-refractivity contribution < 1.29 is 31.8 Å². The van der Waals surface area contributed by atoms with Crippen LogP contribution in [0.3, 0.4) is 0 Å². The van der Waals surface area contributed by atoms with E-state index in [2.05, 4.69) is 11.3 Å². The number of allylic oxidation sites excluding steroid dienone is 6. The van der Waals surface area contributed by atoms with Gasteiger partial charge in [-0.15, -0.1) is 13.2 Å². The second-order valence-corrected chi connectivity index (χ2v) is 5.51. The van der Waals surface area contributed by atoms with Crippen LogP contribution in [0.15, 0.2) is 84.1 Å². The van der Waals surface area contributed by atoms with E-state index in [1.807, 2.05) is 0 Å². The van der Waals surface area contributed by atoms with Crippen LogP contribution in [0.5, 0.6) is 0 Å². The number of benzene rings is 1. The van der Waals surface area contributed by atoms with Gasteiger partial charge in [0.2, 0.25) is 0 Å². The molecule has 1 aromatic carbocycles. The molecule has 1 aliphatic rings. The fourth-order valence-corrected chi connectivity index (χ4v) is 2.45. The molecule has 0 aromatic heterocycles. The molecule has 1 unspecified atom stereocenters. The van der Waals surface area contributed by atoms with Crippen molar-refractivity contribution in [2.75, 3.05) is 14.2 Å². The fraction of sp³-hybridized carbons (Fsp3) is 0.200. The molecule has 144 valence electrons. The zero-order chi connectivity index (χ0) is 20.0. The quantitative estimate of drug-likeness (QED) is 0.369. The maximum Gasteiger partial charge on any atom is 0.573 e. The maximum absolute atomic E-state index is 13.2. The van der Waals surface area contributed by atoms with Crippen LogP contribution < -0.4 is 0 Å². The van der Waals surface area contributed by atoms with Crippen molar-refractivity contribution in [2.45, 2.75) is 12.3 Å². The van der Waals surface area contributed by atoms with E-state index in [1.165, 1.54) is 50.6 Å². The monoisotopic (exact) mass is 382 g/mol. The van der Waals surface area contributed by atoms with Crippen molar-refractivity contribution in [1.82, 2.24) is 0 Å². The van der Waals surface area contributed by atoms with E-state index < -0.39 is 23.9 Å². The molecule has 1 aliphatic carbocycles. The van der Waals surface area contributed by atoms with Gasteiger partial charge in [0, 0.05) is 11.5 Å². The molecule has 0 radical (unpaired) electrons. The molecule has 3 nitrogen and oxygen atoms in total. The van der Waals surface area contributed by atoms with Crippen LogP contribution in [0.4, 0.5) is 17.6 Å². The lowest BCUT2D eigenvalue weighted by molar-refractivity contribution is -0.303. The molecule has 2 rings (SSSR count). The van der Waals surface area contributed by atoms with Gasteiger partial charge in [-0.3, -0.25) is 0 Å². The summed E-state index contributed by atoms with van der Waals surface area (Å²) >= 11 is 0. The Bertz CT molecular complexity index is 800. The molecule has 1 atom stereocenters. The van der Waals surface area contributed by atoms with Crippen LogP contribution >= 0.6 is 0 Å². The minimum atomic E-state index is -4.91. The van der Waals surface area contributed by atoms with E-state index in [-0.39, 0.29) is 11.3 Å². The third-order valence-electron chi connectivity index (χ3n) is 3.74. The number of hydrogen-bond donors (Lipinski definition) is 0. The van der Waals surface area contributed by atoms with Crippen LogP contribution in [0, 0.1) is 5.82 Å². The Hall–Kier alpha value is -2.96. The normalized spacial score (nSPS) is 18.9.